The van der Waals surface area contributed by atoms with Crippen molar-refractivity contribution in [1.29, 1.82) is 0 Å². The molecule has 0 radical (unpaired) electrons. The van der Waals surface area contributed by atoms with Crippen molar-refractivity contribution in [3.8, 4) is 0 Å². The minimum atomic E-state index is -0.112. The third-order valence-corrected chi connectivity index (χ3v) is 3.71. The topological polar surface area (TPSA) is 90.8 Å². The Morgan fingerprint density at radius 1 is 1.26 bits per heavy atom. The van der Waals surface area contributed by atoms with Gasteiger partial charge in [0.05, 0.1) is 6.33 Å². The average Bonchev–Trinajstić information content (AvgIpc) is 2.96. The number of aromatic nitrogens is 4. The van der Waals surface area contributed by atoms with Crippen LogP contribution < -0.4 is 16.6 Å². The number of hydrogen-bond donors (Lipinski definition) is 2. The summed E-state index contributed by atoms with van der Waals surface area (Å²) in [7, 11) is 1.71. The van der Waals surface area contributed by atoms with Crippen molar-refractivity contribution in [2.75, 3.05) is 18.4 Å². The molecule has 1 aromatic carbocycles. The standard InChI is InChI=1S/C16H20N6O/c1-21-15(23)13-14(20-16(21)18-9-5-8-17)19-11-22(13)10-12-6-3-2-4-7-12/h2-4,6-7,11H,5,8-10,17H2,1H3,(H,18,20). The van der Waals surface area contributed by atoms with Crippen LogP contribution in [0.3, 0.4) is 0 Å². The van der Waals surface area contributed by atoms with Crippen LogP contribution in [0.1, 0.15) is 12.0 Å². The Morgan fingerprint density at radius 3 is 2.78 bits per heavy atom. The molecule has 23 heavy (non-hydrogen) atoms. The van der Waals surface area contributed by atoms with Gasteiger partial charge in [0.25, 0.3) is 5.56 Å². The van der Waals surface area contributed by atoms with Crippen LogP contribution in [0.25, 0.3) is 11.2 Å². The van der Waals surface area contributed by atoms with E-state index in [9.17, 15) is 4.79 Å². The molecule has 2 heterocycles. The van der Waals surface area contributed by atoms with E-state index >= 15 is 0 Å². The summed E-state index contributed by atoms with van der Waals surface area (Å²) in [6, 6.07) is 9.96. The van der Waals surface area contributed by atoms with Crippen LogP contribution in [0.5, 0.6) is 0 Å². The van der Waals surface area contributed by atoms with E-state index in [1.54, 1.807) is 13.4 Å². The predicted octanol–water partition coefficient (Wildman–Crippen LogP) is 0.939. The number of fused-ring (bicyclic) bond motifs is 1. The molecule has 0 amide bonds. The van der Waals surface area contributed by atoms with Gasteiger partial charge in [-0.1, -0.05) is 30.3 Å². The zero-order valence-electron chi connectivity index (χ0n) is 13.1. The minimum absolute atomic E-state index is 0.112. The molecule has 2 aromatic heterocycles. The molecule has 120 valence electrons. The lowest BCUT2D eigenvalue weighted by atomic mass is 10.2. The molecule has 0 saturated heterocycles. The molecule has 3 rings (SSSR count). The zero-order chi connectivity index (χ0) is 16.2. The van der Waals surface area contributed by atoms with E-state index in [2.05, 4.69) is 15.3 Å². The number of hydrogen-bond acceptors (Lipinski definition) is 5. The van der Waals surface area contributed by atoms with Gasteiger partial charge in [-0.25, -0.2) is 4.98 Å². The average molecular weight is 312 g/mol. The highest BCUT2D eigenvalue weighted by molar-refractivity contribution is 5.71. The maximum absolute atomic E-state index is 12.7. The number of nitrogens with one attached hydrogen (secondary N) is 1. The molecule has 7 heteroatoms. The van der Waals surface area contributed by atoms with Gasteiger partial charge in [-0.05, 0) is 18.5 Å². The lowest BCUT2D eigenvalue weighted by molar-refractivity contribution is 0.785. The van der Waals surface area contributed by atoms with Gasteiger partial charge in [-0.3, -0.25) is 9.36 Å². The highest BCUT2D eigenvalue weighted by Gasteiger charge is 2.13. The van der Waals surface area contributed by atoms with Crippen LogP contribution in [0.15, 0.2) is 41.5 Å². The molecule has 0 bridgehead atoms. The largest absolute Gasteiger partial charge is 0.355 e. The summed E-state index contributed by atoms with van der Waals surface area (Å²) in [6.45, 7) is 1.86. The van der Waals surface area contributed by atoms with E-state index in [1.165, 1.54) is 4.57 Å². The van der Waals surface area contributed by atoms with Gasteiger partial charge >= 0.3 is 0 Å². The SMILES string of the molecule is Cn1c(NCCCN)nc2ncn(Cc3ccccc3)c2c1=O. The highest BCUT2D eigenvalue weighted by atomic mass is 16.1. The Balaban J connectivity index is 1.97. The van der Waals surface area contributed by atoms with Crippen LogP contribution in [0, 0.1) is 0 Å². The van der Waals surface area contributed by atoms with Gasteiger partial charge in [0.15, 0.2) is 11.2 Å². The molecule has 0 fully saturated rings. The van der Waals surface area contributed by atoms with Crippen LogP contribution in [0.4, 0.5) is 5.95 Å². The van der Waals surface area contributed by atoms with Gasteiger partial charge in [-0.15, -0.1) is 0 Å². The molecule has 0 spiro atoms. The second-order valence-electron chi connectivity index (χ2n) is 5.40. The van der Waals surface area contributed by atoms with E-state index in [1.807, 2.05) is 34.9 Å². The third-order valence-electron chi connectivity index (χ3n) is 3.71. The van der Waals surface area contributed by atoms with Crippen LogP contribution >= 0.6 is 0 Å². The van der Waals surface area contributed by atoms with E-state index in [-0.39, 0.29) is 5.56 Å². The van der Waals surface area contributed by atoms with Gasteiger partial charge < -0.3 is 15.6 Å². The first-order chi connectivity index (χ1) is 11.2. The summed E-state index contributed by atoms with van der Waals surface area (Å²) in [5.74, 6) is 0.515. The number of anilines is 1. The second kappa shape index (κ2) is 6.62. The molecule has 0 aliphatic heterocycles. The Bertz CT molecular complexity index is 852. The van der Waals surface area contributed by atoms with Crippen molar-refractivity contribution in [1.82, 2.24) is 19.1 Å². The number of imidazole rings is 1. The fraction of sp³-hybridized carbons (Fsp3) is 0.312. The number of nitrogens with two attached hydrogens (primary N) is 1. The first-order valence-electron chi connectivity index (χ1n) is 7.60. The Labute approximate surface area is 133 Å². The first-order valence-corrected chi connectivity index (χ1v) is 7.60. The molecule has 0 aliphatic carbocycles. The Kier molecular flexibility index (Phi) is 4.38. The molecular weight excluding hydrogens is 292 g/mol. The van der Waals surface area contributed by atoms with Crippen molar-refractivity contribution in [3.05, 3.63) is 52.6 Å². The van der Waals surface area contributed by atoms with Crippen LogP contribution in [-0.2, 0) is 13.6 Å². The summed E-state index contributed by atoms with van der Waals surface area (Å²) >= 11 is 0. The molecule has 0 unspecified atom stereocenters. The predicted molar refractivity (Wildman–Crippen MR) is 90.5 cm³/mol. The molecular formula is C16H20N6O. The van der Waals surface area contributed by atoms with Crippen molar-refractivity contribution in [2.24, 2.45) is 12.8 Å². The lowest BCUT2D eigenvalue weighted by Gasteiger charge is -2.10. The number of benzene rings is 1. The number of nitrogens with zero attached hydrogens (tertiary/aromatic N) is 4. The quantitative estimate of drug-likeness (QED) is 0.661. The van der Waals surface area contributed by atoms with Crippen molar-refractivity contribution in [2.45, 2.75) is 13.0 Å². The monoisotopic (exact) mass is 312 g/mol. The van der Waals surface area contributed by atoms with E-state index in [0.717, 1.165) is 12.0 Å². The lowest BCUT2D eigenvalue weighted by Crippen LogP contribution is -2.24. The Hall–Kier alpha value is -2.67. The summed E-state index contributed by atoms with van der Waals surface area (Å²) in [6.07, 6.45) is 2.48. The summed E-state index contributed by atoms with van der Waals surface area (Å²) in [5.41, 5.74) is 7.45. The minimum Gasteiger partial charge on any atom is -0.355 e. The third kappa shape index (κ3) is 3.09. The van der Waals surface area contributed by atoms with Crippen LogP contribution in [0.2, 0.25) is 0 Å². The highest BCUT2D eigenvalue weighted by Crippen LogP contribution is 2.12. The molecule has 0 saturated carbocycles. The number of rotatable bonds is 6. The summed E-state index contributed by atoms with van der Waals surface area (Å²) in [4.78, 5) is 21.4. The smallest absolute Gasteiger partial charge is 0.280 e. The fourth-order valence-corrected chi connectivity index (χ4v) is 2.46. The summed E-state index contributed by atoms with van der Waals surface area (Å²) in [5, 5.41) is 3.13. The molecule has 3 aromatic rings. The zero-order valence-corrected chi connectivity index (χ0v) is 13.1. The van der Waals surface area contributed by atoms with Crippen molar-refractivity contribution < 1.29 is 0 Å². The molecule has 7 nitrogen and oxygen atoms in total. The van der Waals surface area contributed by atoms with E-state index in [4.69, 9.17) is 5.73 Å². The maximum atomic E-state index is 12.7. The van der Waals surface area contributed by atoms with Gasteiger partial charge in [0, 0.05) is 20.1 Å². The van der Waals surface area contributed by atoms with Gasteiger partial charge in [0.2, 0.25) is 5.95 Å². The Morgan fingerprint density at radius 2 is 2.04 bits per heavy atom. The fourth-order valence-electron chi connectivity index (χ4n) is 2.46. The van der Waals surface area contributed by atoms with Gasteiger partial charge in [-0.2, -0.15) is 4.98 Å². The van der Waals surface area contributed by atoms with E-state index < -0.39 is 0 Å². The van der Waals surface area contributed by atoms with Crippen molar-refractivity contribution >= 4 is 17.1 Å². The van der Waals surface area contributed by atoms with Gasteiger partial charge in [0.1, 0.15) is 0 Å². The molecule has 0 atom stereocenters. The first kappa shape index (κ1) is 15.2. The van der Waals surface area contributed by atoms with E-state index in [0.29, 0.717) is 36.7 Å². The second-order valence-corrected chi connectivity index (χ2v) is 5.40. The van der Waals surface area contributed by atoms with Crippen LogP contribution in [-0.4, -0.2) is 32.2 Å². The molecule has 0 aliphatic rings. The summed E-state index contributed by atoms with van der Waals surface area (Å²) < 4.78 is 3.35. The normalized spacial score (nSPS) is 11.0. The van der Waals surface area contributed by atoms with Crippen molar-refractivity contribution in [3.63, 3.8) is 0 Å². The maximum Gasteiger partial charge on any atom is 0.280 e. The molecule has 3 N–H and O–H groups in total.